The van der Waals surface area contributed by atoms with Crippen LogP contribution < -0.4 is 11.1 Å². The molecule has 0 spiro atoms. The molecule has 0 aliphatic heterocycles. The van der Waals surface area contributed by atoms with Crippen molar-refractivity contribution in [1.82, 2.24) is 4.98 Å². The minimum Gasteiger partial charge on any atom is -0.365 e. The third-order valence-electron chi connectivity index (χ3n) is 4.84. The number of nitrogens with two attached hydrogens (primary N) is 1. The number of primary amides is 1. The number of pyridine rings is 1. The number of hydrogen-bond donors (Lipinski definition) is 2. The number of thioether (sulfide) groups is 1. The molecule has 8 heteroatoms. The highest BCUT2D eigenvalue weighted by molar-refractivity contribution is 8.00. The highest BCUT2D eigenvalue weighted by Crippen LogP contribution is 2.39. The Bertz CT molecular complexity index is 989. The summed E-state index contributed by atoms with van der Waals surface area (Å²) in [7, 11) is 0. The Morgan fingerprint density at radius 3 is 2.70 bits per heavy atom. The van der Waals surface area contributed by atoms with E-state index in [4.69, 9.17) is 5.73 Å². The fraction of sp³-hybridized carbons (Fsp3) is 0.368. The van der Waals surface area contributed by atoms with Crippen molar-refractivity contribution in [1.29, 1.82) is 5.26 Å². The van der Waals surface area contributed by atoms with Gasteiger partial charge >= 0.3 is 0 Å². The van der Waals surface area contributed by atoms with Crippen molar-refractivity contribution in [2.75, 3.05) is 11.1 Å². The van der Waals surface area contributed by atoms with Crippen LogP contribution in [-0.4, -0.2) is 22.6 Å². The van der Waals surface area contributed by atoms with Crippen LogP contribution in [0, 0.1) is 32.1 Å². The van der Waals surface area contributed by atoms with E-state index < -0.39 is 5.91 Å². The molecule has 27 heavy (non-hydrogen) atoms. The van der Waals surface area contributed by atoms with E-state index >= 15 is 0 Å². The molecule has 0 unspecified atom stereocenters. The average molecular weight is 401 g/mol. The van der Waals surface area contributed by atoms with Crippen molar-refractivity contribution in [3.8, 4) is 6.07 Å². The molecule has 140 valence electrons. The van der Waals surface area contributed by atoms with Gasteiger partial charge in [0.1, 0.15) is 16.1 Å². The van der Waals surface area contributed by atoms with Gasteiger partial charge in [0.15, 0.2) is 0 Å². The Morgan fingerprint density at radius 1 is 1.30 bits per heavy atom. The zero-order valence-electron chi connectivity index (χ0n) is 15.4. The number of hydrogen-bond acceptors (Lipinski definition) is 6. The van der Waals surface area contributed by atoms with Gasteiger partial charge in [-0.05, 0) is 56.7 Å². The molecule has 2 heterocycles. The van der Waals surface area contributed by atoms with Gasteiger partial charge in [0.05, 0.1) is 16.9 Å². The van der Waals surface area contributed by atoms with Crippen LogP contribution in [0.2, 0.25) is 0 Å². The van der Waals surface area contributed by atoms with Crippen molar-refractivity contribution in [3.05, 3.63) is 38.4 Å². The normalized spacial score (nSPS) is 12.5. The Morgan fingerprint density at radius 2 is 2.04 bits per heavy atom. The van der Waals surface area contributed by atoms with Crippen molar-refractivity contribution in [2.24, 2.45) is 5.73 Å². The molecule has 2 amide bonds. The maximum absolute atomic E-state index is 12.4. The molecule has 3 rings (SSSR count). The molecule has 0 bridgehead atoms. The fourth-order valence-electron chi connectivity index (χ4n) is 3.20. The van der Waals surface area contributed by atoms with E-state index in [2.05, 4.69) is 16.4 Å². The van der Waals surface area contributed by atoms with Gasteiger partial charge in [0.2, 0.25) is 5.91 Å². The summed E-state index contributed by atoms with van der Waals surface area (Å²) in [6, 6.07) is 2.18. The van der Waals surface area contributed by atoms with Crippen molar-refractivity contribution < 1.29 is 9.59 Å². The van der Waals surface area contributed by atoms with Crippen LogP contribution in [0.5, 0.6) is 0 Å². The van der Waals surface area contributed by atoms with Crippen molar-refractivity contribution >= 4 is 39.9 Å². The minimum atomic E-state index is -0.504. The third-order valence-corrected chi connectivity index (χ3v) is 7.02. The number of anilines is 1. The van der Waals surface area contributed by atoms with Gasteiger partial charge in [-0.15, -0.1) is 11.3 Å². The number of aryl methyl sites for hydroxylation is 2. The summed E-state index contributed by atoms with van der Waals surface area (Å²) in [4.78, 5) is 29.8. The topological polar surface area (TPSA) is 109 Å². The second kappa shape index (κ2) is 7.71. The lowest BCUT2D eigenvalue weighted by Gasteiger charge is -2.11. The zero-order chi connectivity index (χ0) is 19.7. The van der Waals surface area contributed by atoms with Gasteiger partial charge in [-0.2, -0.15) is 5.26 Å². The molecular formula is C19H20N4O2S2. The van der Waals surface area contributed by atoms with Gasteiger partial charge in [0, 0.05) is 10.6 Å². The molecule has 1 aliphatic carbocycles. The molecule has 0 saturated carbocycles. The number of rotatable bonds is 5. The van der Waals surface area contributed by atoms with Crippen LogP contribution in [0.1, 0.15) is 49.6 Å². The van der Waals surface area contributed by atoms with E-state index in [1.54, 1.807) is 0 Å². The maximum atomic E-state index is 12.4. The molecule has 0 saturated heterocycles. The van der Waals surface area contributed by atoms with E-state index in [9.17, 15) is 14.9 Å². The first-order valence-electron chi connectivity index (χ1n) is 8.58. The van der Waals surface area contributed by atoms with Crippen LogP contribution in [0.3, 0.4) is 0 Å². The number of nitrogens with one attached hydrogen (secondary N) is 1. The van der Waals surface area contributed by atoms with E-state index in [1.807, 2.05) is 20.8 Å². The standard InChI is InChI=1S/C19H20N4O2S2/c1-9-10(2)13(7-20)18(22-11(9)3)26-8-15(24)23-19-16(17(21)25)12-5-4-6-14(12)27-19/h4-6,8H2,1-3H3,(H2,21,25)(H,23,24). The lowest BCUT2D eigenvalue weighted by atomic mass is 10.1. The molecule has 0 atom stereocenters. The first-order valence-corrected chi connectivity index (χ1v) is 10.4. The van der Waals surface area contributed by atoms with Gasteiger partial charge in [-0.1, -0.05) is 11.8 Å². The number of nitriles is 1. The van der Waals surface area contributed by atoms with E-state index in [0.29, 0.717) is 21.2 Å². The number of fused-ring (bicyclic) bond motifs is 1. The van der Waals surface area contributed by atoms with E-state index in [-0.39, 0.29) is 11.7 Å². The lowest BCUT2D eigenvalue weighted by molar-refractivity contribution is -0.113. The van der Waals surface area contributed by atoms with Crippen LogP contribution >= 0.6 is 23.1 Å². The average Bonchev–Trinajstić information content (AvgIpc) is 3.18. The number of amides is 2. The number of carbonyl (C=O) groups is 2. The van der Waals surface area contributed by atoms with Crippen molar-refractivity contribution in [3.63, 3.8) is 0 Å². The van der Waals surface area contributed by atoms with Gasteiger partial charge in [-0.3, -0.25) is 9.59 Å². The summed E-state index contributed by atoms with van der Waals surface area (Å²) in [6.07, 6.45) is 2.76. The molecule has 2 aromatic rings. The van der Waals surface area contributed by atoms with Crippen LogP contribution in [-0.2, 0) is 17.6 Å². The fourth-order valence-corrected chi connectivity index (χ4v) is 5.39. The van der Waals surface area contributed by atoms with Gasteiger partial charge < -0.3 is 11.1 Å². The number of thiophene rings is 1. The molecule has 0 radical (unpaired) electrons. The molecule has 2 aromatic heterocycles. The quantitative estimate of drug-likeness (QED) is 0.749. The first-order chi connectivity index (χ1) is 12.8. The molecule has 6 nitrogen and oxygen atoms in total. The Balaban J connectivity index is 1.76. The predicted molar refractivity (Wildman–Crippen MR) is 107 cm³/mol. The maximum Gasteiger partial charge on any atom is 0.251 e. The Labute approximate surface area is 166 Å². The Hall–Kier alpha value is -2.37. The van der Waals surface area contributed by atoms with E-state index in [0.717, 1.165) is 46.5 Å². The van der Waals surface area contributed by atoms with Crippen molar-refractivity contribution in [2.45, 2.75) is 45.1 Å². The van der Waals surface area contributed by atoms with Gasteiger partial charge in [0.25, 0.3) is 5.91 Å². The van der Waals surface area contributed by atoms with Crippen LogP contribution in [0.4, 0.5) is 5.00 Å². The smallest absolute Gasteiger partial charge is 0.251 e. The minimum absolute atomic E-state index is 0.102. The SMILES string of the molecule is Cc1nc(SCC(=O)Nc2sc3c(c2C(N)=O)CCC3)c(C#N)c(C)c1C. The van der Waals surface area contributed by atoms with Crippen LogP contribution in [0.25, 0.3) is 0 Å². The summed E-state index contributed by atoms with van der Waals surface area (Å²) >= 11 is 2.66. The predicted octanol–water partition coefficient (Wildman–Crippen LogP) is 3.26. The summed E-state index contributed by atoms with van der Waals surface area (Å²) in [5, 5.41) is 13.3. The molecular weight excluding hydrogens is 380 g/mol. The summed E-state index contributed by atoms with van der Waals surface area (Å²) < 4.78 is 0. The second-order valence-corrected chi connectivity index (χ2v) is 8.57. The lowest BCUT2D eigenvalue weighted by Crippen LogP contribution is -2.19. The monoisotopic (exact) mass is 400 g/mol. The molecule has 1 aliphatic rings. The summed E-state index contributed by atoms with van der Waals surface area (Å²) in [5.74, 6) is -0.649. The van der Waals surface area contributed by atoms with E-state index in [1.165, 1.54) is 23.1 Å². The second-order valence-electron chi connectivity index (χ2n) is 6.50. The number of carbonyl (C=O) groups excluding carboxylic acids is 2. The molecule has 0 aromatic carbocycles. The zero-order valence-corrected chi connectivity index (χ0v) is 17.1. The summed E-state index contributed by atoms with van der Waals surface area (Å²) in [6.45, 7) is 5.71. The van der Waals surface area contributed by atoms with Gasteiger partial charge in [-0.25, -0.2) is 4.98 Å². The molecule has 0 fully saturated rings. The highest BCUT2D eigenvalue weighted by atomic mass is 32.2. The number of aromatic nitrogens is 1. The highest BCUT2D eigenvalue weighted by Gasteiger charge is 2.26. The van der Waals surface area contributed by atoms with Crippen LogP contribution in [0.15, 0.2) is 5.03 Å². The summed E-state index contributed by atoms with van der Waals surface area (Å²) in [5.41, 5.74) is 10.2. The third kappa shape index (κ3) is 3.70. The largest absolute Gasteiger partial charge is 0.365 e. The molecule has 3 N–H and O–H groups in total. The Kier molecular flexibility index (Phi) is 5.53. The number of nitrogens with zero attached hydrogens (tertiary/aromatic N) is 2. The first kappa shape index (κ1) is 19.4.